The molecule has 0 unspecified atom stereocenters. The van der Waals surface area contributed by atoms with Gasteiger partial charge in [0.1, 0.15) is 4.34 Å². The fourth-order valence-corrected chi connectivity index (χ4v) is 3.98. The van der Waals surface area contributed by atoms with E-state index in [1.54, 1.807) is 12.1 Å². The van der Waals surface area contributed by atoms with Crippen molar-refractivity contribution in [1.29, 1.82) is 0 Å². The van der Waals surface area contributed by atoms with Gasteiger partial charge in [-0.3, -0.25) is 0 Å². The summed E-state index contributed by atoms with van der Waals surface area (Å²) in [5, 5.41) is 8.33. The summed E-state index contributed by atoms with van der Waals surface area (Å²) in [6, 6.07) is 8.53. The van der Waals surface area contributed by atoms with Gasteiger partial charge in [-0.25, -0.2) is 13.6 Å². The van der Waals surface area contributed by atoms with Gasteiger partial charge >= 0.3 is 0 Å². The van der Waals surface area contributed by atoms with Crippen molar-refractivity contribution < 1.29 is 8.42 Å². The van der Waals surface area contributed by atoms with Gasteiger partial charge in [-0.2, -0.15) is 0 Å². The van der Waals surface area contributed by atoms with Crippen molar-refractivity contribution >= 4 is 48.9 Å². The molecule has 2 rings (SSSR count). The normalized spacial score (nSPS) is 11.8. The Labute approximate surface area is 135 Å². The zero-order valence-corrected chi connectivity index (χ0v) is 14.2. The third-order valence-electron chi connectivity index (χ3n) is 2.55. The van der Waals surface area contributed by atoms with Gasteiger partial charge in [-0.1, -0.05) is 23.7 Å². The van der Waals surface area contributed by atoms with Crippen LogP contribution in [-0.4, -0.2) is 8.42 Å². The number of nitrogens with two attached hydrogens (primary N) is 1. The Morgan fingerprint density at radius 2 is 2.05 bits per heavy atom. The van der Waals surface area contributed by atoms with Crippen LogP contribution in [0.25, 0.3) is 0 Å². The zero-order valence-electron chi connectivity index (χ0n) is 10.3. The number of rotatable bonds is 5. The maximum atomic E-state index is 11.3. The van der Waals surface area contributed by atoms with Gasteiger partial charge in [0.05, 0.1) is 4.90 Å². The highest BCUT2D eigenvalue weighted by Crippen LogP contribution is 2.31. The molecule has 1 heterocycles. The SMILES string of the molecule is NS(=O)(=O)c1cccc(CNCc2cc(Br)c(Cl)s2)c1. The number of hydrogen-bond acceptors (Lipinski definition) is 4. The van der Waals surface area contributed by atoms with Crippen LogP contribution in [0.1, 0.15) is 10.4 Å². The first-order valence-electron chi connectivity index (χ1n) is 5.62. The molecular weight excluding hydrogens is 384 g/mol. The number of halogens is 2. The van der Waals surface area contributed by atoms with Crippen molar-refractivity contribution in [3.63, 3.8) is 0 Å². The summed E-state index contributed by atoms with van der Waals surface area (Å²) < 4.78 is 24.1. The number of nitrogens with one attached hydrogen (secondary N) is 1. The second-order valence-electron chi connectivity index (χ2n) is 4.13. The highest BCUT2D eigenvalue weighted by atomic mass is 79.9. The third-order valence-corrected chi connectivity index (χ3v) is 5.94. The highest BCUT2D eigenvalue weighted by Gasteiger charge is 2.08. The van der Waals surface area contributed by atoms with Gasteiger partial charge in [0, 0.05) is 22.4 Å². The van der Waals surface area contributed by atoms with Crippen molar-refractivity contribution in [2.45, 2.75) is 18.0 Å². The van der Waals surface area contributed by atoms with E-state index in [4.69, 9.17) is 16.7 Å². The van der Waals surface area contributed by atoms with Crippen molar-refractivity contribution in [2.75, 3.05) is 0 Å². The lowest BCUT2D eigenvalue weighted by Crippen LogP contribution is -2.14. The Morgan fingerprint density at radius 1 is 1.30 bits per heavy atom. The molecule has 4 nitrogen and oxygen atoms in total. The van der Waals surface area contributed by atoms with E-state index in [1.807, 2.05) is 12.1 Å². The van der Waals surface area contributed by atoms with Crippen molar-refractivity contribution in [2.24, 2.45) is 5.14 Å². The maximum absolute atomic E-state index is 11.3. The highest BCUT2D eigenvalue weighted by molar-refractivity contribution is 9.10. The van der Waals surface area contributed by atoms with E-state index in [0.29, 0.717) is 13.1 Å². The molecule has 108 valence electrons. The zero-order chi connectivity index (χ0) is 14.8. The van der Waals surface area contributed by atoms with E-state index >= 15 is 0 Å². The maximum Gasteiger partial charge on any atom is 0.238 e. The van der Waals surface area contributed by atoms with Crippen LogP contribution in [-0.2, 0) is 23.1 Å². The monoisotopic (exact) mass is 394 g/mol. The first-order valence-corrected chi connectivity index (χ1v) is 9.16. The van der Waals surface area contributed by atoms with Gasteiger partial charge in [0.15, 0.2) is 0 Å². The fraction of sp³-hybridized carbons (Fsp3) is 0.167. The van der Waals surface area contributed by atoms with Gasteiger partial charge in [0.2, 0.25) is 10.0 Å². The van der Waals surface area contributed by atoms with E-state index in [9.17, 15) is 8.42 Å². The number of benzene rings is 1. The molecule has 0 amide bonds. The Balaban J connectivity index is 1.98. The molecule has 0 saturated heterocycles. The van der Waals surface area contributed by atoms with Gasteiger partial charge in [-0.15, -0.1) is 11.3 Å². The minimum Gasteiger partial charge on any atom is -0.308 e. The summed E-state index contributed by atoms with van der Waals surface area (Å²) in [6.45, 7) is 1.21. The summed E-state index contributed by atoms with van der Waals surface area (Å²) in [7, 11) is -3.65. The number of primary sulfonamides is 1. The molecule has 0 aliphatic heterocycles. The molecule has 8 heteroatoms. The molecule has 1 aromatic heterocycles. The summed E-state index contributed by atoms with van der Waals surface area (Å²) in [6.07, 6.45) is 0. The molecule has 0 aliphatic rings. The first kappa shape index (κ1) is 15.9. The quantitative estimate of drug-likeness (QED) is 0.817. The van der Waals surface area contributed by atoms with E-state index in [1.165, 1.54) is 17.4 Å². The largest absolute Gasteiger partial charge is 0.308 e. The molecule has 0 atom stereocenters. The van der Waals surface area contributed by atoms with Crippen LogP contribution in [0.2, 0.25) is 4.34 Å². The molecule has 0 fully saturated rings. The molecule has 0 aliphatic carbocycles. The number of thiophene rings is 1. The van der Waals surface area contributed by atoms with Crippen molar-refractivity contribution in [1.82, 2.24) is 5.32 Å². The average molecular weight is 396 g/mol. The second-order valence-corrected chi connectivity index (χ2v) is 8.28. The molecule has 0 spiro atoms. The summed E-state index contributed by atoms with van der Waals surface area (Å²) in [4.78, 5) is 1.23. The topological polar surface area (TPSA) is 72.2 Å². The van der Waals surface area contributed by atoms with Crippen LogP contribution in [0.5, 0.6) is 0 Å². The van der Waals surface area contributed by atoms with E-state index < -0.39 is 10.0 Å². The number of hydrogen-bond donors (Lipinski definition) is 2. The standard InChI is InChI=1S/C12H12BrClN2O2S2/c13-11-5-9(19-12(11)14)7-16-6-8-2-1-3-10(4-8)20(15,17)18/h1-5,16H,6-7H2,(H2,15,17,18). The fourth-order valence-electron chi connectivity index (χ4n) is 1.64. The predicted molar refractivity (Wildman–Crippen MR) is 85.4 cm³/mol. The molecule has 0 radical (unpaired) electrons. The average Bonchev–Trinajstić information content (AvgIpc) is 2.68. The lowest BCUT2D eigenvalue weighted by molar-refractivity contribution is 0.597. The van der Waals surface area contributed by atoms with Gasteiger partial charge < -0.3 is 5.32 Å². The first-order chi connectivity index (χ1) is 9.36. The molecular formula is C12H12BrClN2O2S2. The lowest BCUT2D eigenvalue weighted by atomic mass is 10.2. The van der Waals surface area contributed by atoms with Crippen molar-refractivity contribution in [3.05, 3.63) is 49.6 Å². The third kappa shape index (κ3) is 4.28. The van der Waals surface area contributed by atoms with E-state index in [0.717, 1.165) is 19.2 Å². The van der Waals surface area contributed by atoms with Gasteiger partial charge in [-0.05, 0) is 39.7 Å². The minimum absolute atomic E-state index is 0.124. The van der Waals surface area contributed by atoms with E-state index in [-0.39, 0.29) is 4.90 Å². The van der Waals surface area contributed by atoms with Gasteiger partial charge in [0.25, 0.3) is 0 Å². The van der Waals surface area contributed by atoms with Crippen LogP contribution in [0, 0.1) is 0 Å². The molecule has 1 aromatic carbocycles. The molecule has 2 aromatic rings. The van der Waals surface area contributed by atoms with Crippen LogP contribution >= 0.6 is 38.9 Å². The minimum atomic E-state index is -3.65. The summed E-state index contributed by atoms with van der Waals surface area (Å²) in [5.41, 5.74) is 0.859. The summed E-state index contributed by atoms with van der Waals surface area (Å²) >= 11 is 10.8. The van der Waals surface area contributed by atoms with Crippen LogP contribution in [0.4, 0.5) is 0 Å². The smallest absolute Gasteiger partial charge is 0.238 e. The molecule has 20 heavy (non-hydrogen) atoms. The Hall–Kier alpha value is -0.440. The molecule has 0 bridgehead atoms. The van der Waals surface area contributed by atoms with Crippen LogP contribution < -0.4 is 10.5 Å². The Morgan fingerprint density at radius 3 is 2.65 bits per heavy atom. The second kappa shape index (κ2) is 6.55. The molecule has 3 N–H and O–H groups in total. The predicted octanol–water partition coefficient (Wildman–Crippen LogP) is 3.10. The van der Waals surface area contributed by atoms with Crippen molar-refractivity contribution in [3.8, 4) is 0 Å². The Bertz CT molecular complexity index is 696. The van der Waals surface area contributed by atoms with E-state index in [2.05, 4.69) is 21.2 Å². The Kier molecular flexibility index (Phi) is 5.22. The lowest BCUT2D eigenvalue weighted by Gasteiger charge is -2.05. The van der Waals surface area contributed by atoms with Crippen LogP contribution in [0.3, 0.4) is 0 Å². The summed E-state index contributed by atoms with van der Waals surface area (Å²) in [5.74, 6) is 0. The number of sulfonamides is 1. The van der Waals surface area contributed by atoms with Crippen LogP contribution in [0.15, 0.2) is 39.7 Å². The molecule has 0 saturated carbocycles.